The molecule has 112 valence electrons. The van der Waals surface area contributed by atoms with Gasteiger partial charge >= 0.3 is 18.0 Å². The predicted molar refractivity (Wildman–Crippen MR) is 53.3 cm³/mol. The van der Waals surface area contributed by atoms with Crippen LogP contribution in [0.25, 0.3) is 0 Å². The SMILES string of the molecule is FC(F)(F)C(F)(F)C(F)(F)CN1C2CCCC1CC2. The van der Waals surface area contributed by atoms with E-state index in [1.807, 2.05) is 0 Å². The van der Waals surface area contributed by atoms with Crippen LogP contribution in [-0.2, 0) is 0 Å². The van der Waals surface area contributed by atoms with Crippen molar-refractivity contribution in [1.82, 2.24) is 4.90 Å². The summed E-state index contributed by atoms with van der Waals surface area (Å²) >= 11 is 0. The second-order valence-corrected chi connectivity index (χ2v) is 5.26. The smallest absolute Gasteiger partial charge is 0.291 e. The van der Waals surface area contributed by atoms with E-state index in [0.29, 0.717) is 25.7 Å². The van der Waals surface area contributed by atoms with E-state index in [-0.39, 0.29) is 12.1 Å². The number of hydrogen-bond donors (Lipinski definition) is 0. The van der Waals surface area contributed by atoms with Crippen molar-refractivity contribution in [3.8, 4) is 0 Å². The largest absolute Gasteiger partial charge is 0.459 e. The highest BCUT2D eigenvalue weighted by Crippen LogP contribution is 2.48. The third-order valence-electron chi connectivity index (χ3n) is 4.04. The molecule has 2 rings (SSSR count). The Kier molecular flexibility index (Phi) is 3.52. The summed E-state index contributed by atoms with van der Waals surface area (Å²) in [5.41, 5.74) is 0. The van der Waals surface area contributed by atoms with Gasteiger partial charge in [0.15, 0.2) is 0 Å². The van der Waals surface area contributed by atoms with Gasteiger partial charge in [0.05, 0.1) is 6.54 Å². The van der Waals surface area contributed by atoms with Crippen LogP contribution in [-0.4, -0.2) is 41.5 Å². The van der Waals surface area contributed by atoms with E-state index in [0.717, 1.165) is 11.3 Å². The van der Waals surface area contributed by atoms with Crippen LogP contribution in [0.5, 0.6) is 0 Å². The third-order valence-corrected chi connectivity index (χ3v) is 4.04. The van der Waals surface area contributed by atoms with Gasteiger partial charge in [0.2, 0.25) is 0 Å². The normalized spacial score (nSPS) is 29.8. The van der Waals surface area contributed by atoms with E-state index in [9.17, 15) is 30.7 Å². The molecule has 2 aliphatic rings. The van der Waals surface area contributed by atoms with Crippen molar-refractivity contribution in [3.05, 3.63) is 0 Å². The minimum absolute atomic E-state index is 0.284. The maximum atomic E-state index is 13.3. The lowest BCUT2D eigenvalue weighted by molar-refractivity contribution is -0.357. The molecule has 1 nitrogen and oxygen atoms in total. The minimum Gasteiger partial charge on any atom is -0.291 e. The molecule has 0 spiro atoms. The zero-order valence-corrected chi connectivity index (χ0v) is 9.99. The molecule has 0 radical (unpaired) electrons. The lowest BCUT2D eigenvalue weighted by atomic mass is 10.0. The van der Waals surface area contributed by atoms with Crippen LogP contribution in [0.1, 0.15) is 32.1 Å². The van der Waals surface area contributed by atoms with E-state index < -0.39 is 24.6 Å². The molecule has 0 aromatic rings. The van der Waals surface area contributed by atoms with Crippen LogP contribution in [0.15, 0.2) is 0 Å². The van der Waals surface area contributed by atoms with Gasteiger partial charge in [-0.25, -0.2) is 0 Å². The Labute approximate surface area is 105 Å². The van der Waals surface area contributed by atoms with E-state index in [1.54, 1.807) is 0 Å². The van der Waals surface area contributed by atoms with Gasteiger partial charge in [-0.3, -0.25) is 4.90 Å². The van der Waals surface area contributed by atoms with E-state index in [2.05, 4.69) is 0 Å². The molecule has 2 fully saturated rings. The Bertz CT molecular complexity index is 322. The number of fused-ring (bicyclic) bond motifs is 2. The molecule has 0 saturated carbocycles. The third kappa shape index (κ3) is 2.43. The van der Waals surface area contributed by atoms with Gasteiger partial charge in [-0.1, -0.05) is 6.42 Å². The minimum atomic E-state index is -6.23. The van der Waals surface area contributed by atoms with Crippen molar-refractivity contribution in [1.29, 1.82) is 0 Å². The molecule has 2 aliphatic heterocycles. The lowest BCUT2D eigenvalue weighted by Crippen LogP contribution is -2.58. The highest BCUT2D eigenvalue weighted by molar-refractivity contribution is 4.99. The molecular formula is C11H14F7N. The van der Waals surface area contributed by atoms with Crippen LogP contribution >= 0.6 is 0 Å². The fraction of sp³-hybridized carbons (Fsp3) is 1.00. The number of alkyl halides is 7. The maximum Gasteiger partial charge on any atom is 0.459 e. The Morgan fingerprint density at radius 1 is 0.789 bits per heavy atom. The van der Waals surface area contributed by atoms with Crippen LogP contribution in [0.3, 0.4) is 0 Å². The molecule has 0 amide bonds. The summed E-state index contributed by atoms with van der Waals surface area (Å²) in [7, 11) is 0. The van der Waals surface area contributed by atoms with Crippen molar-refractivity contribution in [2.45, 2.75) is 62.2 Å². The van der Waals surface area contributed by atoms with Gasteiger partial charge in [-0.2, -0.15) is 30.7 Å². The quantitative estimate of drug-likeness (QED) is 0.715. The van der Waals surface area contributed by atoms with E-state index >= 15 is 0 Å². The average molecular weight is 293 g/mol. The first-order valence-corrected chi connectivity index (χ1v) is 6.14. The van der Waals surface area contributed by atoms with Crippen molar-refractivity contribution in [2.24, 2.45) is 0 Å². The van der Waals surface area contributed by atoms with Gasteiger partial charge in [-0.15, -0.1) is 0 Å². The van der Waals surface area contributed by atoms with Gasteiger partial charge in [0.1, 0.15) is 0 Å². The first-order valence-electron chi connectivity index (χ1n) is 6.14. The number of halogens is 7. The van der Waals surface area contributed by atoms with Crippen molar-refractivity contribution in [3.63, 3.8) is 0 Å². The Hall–Kier alpha value is -0.530. The molecular weight excluding hydrogens is 279 g/mol. The van der Waals surface area contributed by atoms with E-state index in [4.69, 9.17) is 0 Å². The van der Waals surface area contributed by atoms with Crippen LogP contribution in [0.4, 0.5) is 30.7 Å². The Morgan fingerprint density at radius 3 is 1.68 bits per heavy atom. The molecule has 2 saturated heterocycles. The second-order valence-electron chi connectivity index (χ2n) is 5.26. The zero-order chi connectivity index (χ0) is 14.5. The molecule has 0 aromatic carbocycles. The summed E-state index contributed by atoms with van der Waals surface area (Å²) in [6.07, 6.45) is -3.05. The van der Waals surface area contributed by atoms with Crippen molar-refractivity contribution >= 4 is 0 Å². The Balaban J connectivity index is 2.13. The molecule has 19 heavy (non-hydrogen) atoms. The number of nitrogens with zero attached hydrogens (tertiary/aromatic N) is 1. The van der Waals surface area contributed by atoms with Crippen LogP contribution < -0.4 is 0 Å². The lowest BCUT2D eigenvalue weighted by Gasteiger charge is -2.39. The first kappa shape index (κ1) is 14.9. The van der Waals surface area contributed by atoms with Gasteiger partial charge in [0.25, 0.3) is 0 Å². The summed E-state index contributed by atoms with van der Waals surface area (Å²) in [5, 5.41) is 0. The summed E-state index contributed by atoms with van der Waals surface area (Å²) in [5.74, 6) is -11.1. The highest BCUT2D eigenvalue weighted by Gasteiger charge is 2.73. The molecule has 0 N–H and O–H groups in total. The van der Waals surface area contributed by atoms with Crippen molar-refractivity contribution in [2.75, 3.05) is 6.54 Å². The van der Waals surface area contributed by atoms with E-state index in [1.165, 1.54) is 0 Å². The highest BCUT2D eigenvalue weighted by atomic mass is 19.4. The second kappa shape index (κ2) is 4.49. The monoisotopic (exact) mass is 293 g/mol. The number of rotatable bonds is 3. The predicted octanol–water partition coefficient (Wildman–Crippen LogP) is 3.84. The van der Waals surface area contributed by atoms with Crippen LogP contribution in [0.2, 0.25) is 0 Å². The maximum absolute atomic E-state index is 13.3. The topological polar surface area (TPSA) is 3.24 Å². The molecule has 2 unspecified atom stereocenters. The van der Waals surface area contributed by atoms with Crippen molar-refractivity contribution < 1.29 is 30.7 Å². The molecule has 8 heteroatoms. The fourth-order valence-electron chi connectivity index (χ4n) is 3.02. The average Bonchev–Trinajstić information content (AvgIpc) is 2.49. The van der Waals surface area contributed by atoms with Crippen LogP contribution in [0, 0.1) is 0 Å². The molecule has 2 bridgehead atoms. The number of piperidine rings is 1. The molecule has 0 aromatic heterocycles. The van der Waals surface area contributed by atoms with Gasteiger partial charge in [-0.05, 0) is 25.7 Å². The Morgan fingerprint density at radius 2 is 1.26 bits per heavy atom. The fourth-order valence-corrected chi connectivity index (χ4v) is 3.02. The molecule has 0 aliphatic carbocycles. The summed E-state index contributed by atoms with van der Waals surface area (Å²) in [6.45, 7) is -1.52. The van der Waals surface area contributed by atoms with Gasteiger partial charge in [0, 0.05) is 12.1 Å². The molecule has 2 atom stereocenters. The standard InChI is InChI=1S/C11H14F7N/c12-9(13,10(14,15)11(16,17)18)6-19-7-2-1-3-8(19)5-4-7/h7-8H,1-6H2. The first-order chi connectivity index (χ1) is 8.56. The van der Waals surface area contributed by atoms with Gasteiger partial charge < -0.3 is 0 Å². The summed E-state index contributed by atoms with van der Waals surface area (Å²) < 4.78 is 88.5. The molecule has 2 heterocycles. The zero-order valence-electron chi connectivity index (χ0n) is 9.99. The summed E-state index contributed by atoms with van der Waals surface area (Å²) in [6, 6.07) is -0.567. The number of hydrogen-bond acceptors (Lipinski definition) is 1. The summed E-state index contributed by atoms with van der Waals surface area (Å²) in [4.78, 5) is 1.14.